The molecule has 0 aliphatic carbocycles. The molecule has 1 aromatic carbocycles. The van der Waals surface area contributed by atoms with Crippen LogP contribution in [-0.4, -0.2) is 24.7 Å². The molecule has 0 saturated carbocycles. The number of phenols is 1. The zero-order valence-corrected chi connectivity index (χ0v) is 12.7. The van der Waals surface area contributed by atoms with Crippen molar-refractivity contribution in [1.82, 2.24) is 0 Å². The maximum absolute atomic E-state index is 10.6. The third-order valence-corrected chi connectivity index (χ3v) is 2.57. The van der Waals surface area contributed by atoms with E-state index in [0.717, 1.165) is 5.56 Å². The van der Waals surface area contributed by atoms with Crippen LogP contribution >= 0.6 is 0 Å². The highest BCUT2D eigenvalue weighted by Crippen LogP contribution is 2.33. The molecule has 0 saturated heterocycles. The van der Waals surface area contributed by atoms with Gasteiger partial charge in [0.1, 0.15) is 17.2 Å². The topological polar surface area (TPSA) is 81.8 Å². The van der Waals surface area contributed by atoms with Crippen molar-refractivity contribution < 1.29 is 19.4 Å². The largest absolute Gasteiger partial charge is 0.507 e. The average Bonchev–Trinajstić information content (AvgIpc) is 2.45. The van der Waals surface area contributed by atoms with Gasteiger partial charge in [-0.05, 0) is 12.8 Å². The molecule has 0 aliphatic rings. The van der Waals surface area contributed by atoms with Crippen LogP contribution in [0.3, 0.4) is 0 Å². The van der Waals surface area contributed by atoms with Crippen LogP contribution in [0.15, 0.2) is 12.1 Å². The van der Waals surface area contributed by atoms with Crippen LogP contribution in [0, 0.1) is 0 Å². The molecule has 20 heavy (non-hydrogen) atoms. The summed E-state index contributed by atoms with van der Waals surface area (Å²) in [6.07, 6.45) is 1.51. The Kier molecular flexibility index (Phi) is 9.00. The lowest BCUT2D eigenvalue weighted by Crippen LogP contribution is -2.11. The van der Waals surface area contributed by atoms with Gasteiger partial charge in [-0.3, -0.25) is 4.79 Å². The molecule has 0 atom stereocenters. The predicted molar refractivity (Wildman–Crippen MR) is 79.3 cm³/mol. The summed E-state index contributed by atoms with van der Waals surface area (Å²) in [7, 11) is 1.55. The number of benzene rings is 1. The normalized spacial score (nSPS) is 9.40. The molecule has 114 valence electrons. The number of phenolic OH excluding ortho intramolecular Hbond substituents is 1. The molecular weight excluding hydrogens is 258 g/mol. The summed E-state index contributed by atoms with van der Waals surface area (Å²) < 4.78 is 10.6. The molecule has 1 aromatic rings. The SMILES string of the molecule is CC.CCc1c(O)cc(OCCCC(N)=O)cc1OC. The summed E-state index contributed by atoms with van der Waals surface area (Å²) in [6, 6.07) is 3.27. The van der Waals surface area contributed by atoms with E-state index in [9.17, 15) is 9.90 Å². The fraction of sp³-hybridized carbons (Fsp3) is 0.533. The van der Waals surface area contributed by atoms with Crippen molar-refractivity contribution in [1.29, 1.82) is 0 Å². The van der Waals surface area contributed by atoms with Gasteiger partial charge in [0.05, 0.1) is 13.7 Å². The first-order chi connectivity index (χ1) is 9.58. The molecule has 0 unspecified atom stereocenters. The summed E-state index contributed by atoms with van der Waals surface area (Å²) in [4.78, 5) is 10.6. The Morgan fingerprint density at radius 3 is 2.50 bits per heavy atom. The van der Waals surface area contributed by atoms with E-state index in [2.05, 4.69) is 0 Å². The number of carbonyl (C=O) groups is 1. The summed E-state index contributed by atoms with van der Waals surface area (Å²) in [5.74, 6) is 0.926. The Morgan fingerprint density at radius 2 is 2.00 bits per heavy atom. The molecule has 0 aliphatic heterocycles. The molecule has 5 heteroatoms. The van der Waals surface area contributed by atoms with Crippen LogP contribution < -0.4 is 15.2 Å². The van der Waals surface area contributed by atoms with Gasteiger partial charge in [0.25, 0.3) is 0 Å². The Bertz CT molecular complexity index is 419. The Morgan fingerprint density at radius 1 is 1.35 bits per heavy atom. The fourth-order valence-corrected chi connectivity index (χ4v) is 1.66. The molecule has 5 nitrogen and oxygen atoms in total. The van der Waals surface area contributed by atoms with Crippen molar-refractivity contribution in [2.24, 2.45) is 5.73 Å². The van der Waals surface area contributed by atoms with Gasteiger partial charge in [-0.25, -0.2) is 0 Å². The van der Waals surface area contributed by atoms with Gasteiger partial charge in [0.2, 0.25) is 5.91 Å². The van der Waals surface area contributed by atoms with E-state index in [4.69, 9.17) is 15.2 Å². The first-order valence-corrected chi connectivity index (χ1v) is 6.89. The van der Waals surface area contributed by atoms with Gasteiger partial charge < -0.3 is 20.3 Å². The molecule has 0 bridgehead atoms. The average molecular weight is 283 g/mol. The van der Waals surface area contributed by atoms with Crippen molar-refractivity contribution in [3.8, 4) is 17.2 Å². The molecule has 0 heterocycles. The van der Waals surface area contributed by atoms with E-state index in [1.807, 2.05) is 20.8 Å². The Hall–Kier alpha value is -1.91. The zero-order chi connectivity index (χ0) is 15.5. The molecule has 3 N–H and O–H groups in total. The van der Waals surface area contributed by atoms with Gasteiger partial charge in [-0.15, -0.1) is 0 Å². The van der Waals surface area contributed by atoms with Gasteiger partial charge >= 0.3 is 0 Å². The Labute approximate surface area is 120 Å². The number of carbonyl (C=O) groups excluding carboxylic acids is 1. The number of primary amides is 1. The highest BCUT2D eigenvalue weighted by Gasteiger charge is 2.10. The van der Waals surface area contributed by atoms with Crippen molar-refractivity contribution in [3.63, 3.8) is 0 Å². The molecular formula is C15H25NO4. The van der Waals surface area contributed by atoms with Crippen molar-refractivity contribution in [3.05, 3.63) is 17.7 Å². The second kappa shape index (κ2) is 9.95. The van der Waals surface area contributed by atoms with E-state index >= 15 is 0 Å². The molecule has 0 spiro atoms. The number of methoxy groups -OCH3 is 1. The third kappa shape index (κ3) is 5.82. The Balaban J connectivity index is 0.00000172. The number of rotatable bonds is 7. The van der Waals surface area contributed by atoms with E-state index in [1.165, 1.54) is 0 Å². The van der Waals surface area contributed by atoms with E-state index < -0.39 is 0 Å². The van der Waals surface area contributed by atoms with Crippen LogP contribution in [-0.2, 0) is 11.2 Å². The molecule has 0 fully saturated rings. The van der Waals surface area contributed by atoms with E-state index in [0.29, 0.717) is 30.9 Å². The highest BCUT2D eigenvalue weighted by molar-refractivity contribution is 5.73. The number of nitrogens with two attached hydrogens (primary N) is 1. The standard InChI is InChI=1S/C13H19NO4.C2H6/c1-3-10-11(15)7-9(8-12(10)17-2)18-6-4-5-13(14)16;1-2/h7-8,15H,3-6H2,1-2H3,(H2,14,16);1-2H3. The van der Waals surface area contributed by atoms with Gasteiger partial charge in [-0.1, -0.05) is 20.8 Å². The first kappa shape index (κ1) is 18.1. The number of ether oxygens (including phenoxy) is 2. The minimum Gasteiger partial charge on any atom is -0.507 e. The maximum Gasteiger partial charge on any atom is 0.217 e. The lowest BCUT2D eigenvalue weighted by Gasteiger charge is -2.12. The lowest BCUT2D eigenvalue weighted by molar-refractivity contribution is -0.118. The number of aromatic hydroxyl groups is 1. The quantitative estimate of drug-likeness (QED) is 0.754. The minimum absolute atomic E-state index is 0.154. The summed E-state index contributed by atoms with van der Waals surface area (Å²) in [5.41, 5.74) is 5.78. The van der Waals surface area contributed by atoms with Gasteiger partial charge in [0.15, 0.2) is 0 Å². The molecule has 0 radical (unpaired) electrons. The zero-order valence-electron chi connectivity index (χ0n) is 12.7. The maximum atomic E-state index is 10.6. The minimum atomic E-state index is -0.347. The lowest BCUT2D eigenvalue weighted by atomic mass is 10.1. The second-order valence-electron chi connectivity index (χ2n) is 3.90. The second-order valence-corrected chi connectivity index (χ2v) is 3.90. The summed E-state index contributed by atoms with van der Waals surface area (Å²) in [6.45, 7) is 6.31. The third-order valence-electron chi connectivity index (χ3n) is 2.57. The predicted octanol–water partition coefficient (Wildman–Crippen LogP) is 2.63. The first-order valence-electron chi connectivity index (χ1n) is 6.89. The van der Waals surface area contributed by atoms with E-state index in [-0.39, 0.29) is 18.1 Å². The molecule has 1 rings (SSSR count). The van der Waals surface area contributed by atoms with Crippen LogP contribution in [0.4, 0.5) is 0 Å². The summed E-state index contributed by atoms with van der Waals surface area (Å²) >= 11 is 0. The van der Waals surface area contributed by atoms with Crippen LogP contribution in [0.1, 0.15) is 39.2 Å². The van der Waals surface area contributed by atoms with Crippen molar-refractivity contribution in [2.75, 3.05) is 13.7 Å². The van der Waals surface area contributed by atoms with Crippen LogP contribution in [0.2, 0.25) is 0 Å². The highest BCUT2D eigenvalue weighted by atomic mass is 16.5. The monoisotopic (exact) mass is 283 g/mol. The smallest absolute Gasteiger partial charge is 0.217 e. The van der Waals surface area contributed by atoms with Crippen LogP contribution in [0.5, 0.6) is 17.2 Å². The number of hydrogen-bond donors (Lipinski definition) is 2. The van der Waals surface area contributed by atoms with Crippen LogP contribution in [0.25, 0.3) is 0 Å². The van der Waals surface area contributed by atoms with Gasteiger partial charge in [0, 0.05) is 24.1 Å². The summed E-state index contributed by atoms with van der Waals surface area (Å²) in [5, 5.41) is 9.81. The van der Waals surface area contributed by atoms with Gasteiger partial charge in [-0.2, -0.15) is 0 Å². The van der Waals surface area contributed by atoms with E-state index in [1.54, 1.807) is 19.2 Å². The number of amides is 1. The van der Waals surface area contributed by atoms with Crippen molar-refractivity contribution in [2.45, 2.75) is 40.0 Å². The molecule has 0 aromatic heterocycles. The number of hydrogen-bond acceptors (Lipinski definition) is 4. The molecule has 1 amide bonds. The fourth-order valence-electron chi connectivity index (χ4n) is 1.66. The van der Waals surface area contributed by atoms with Crippen molar-refractivity contribution >= 4 is 5.91 Å².